The van der Waals surface area contributed by atoms with Crippen molar-refractivity contribution in [2.75, 3.05) is 10.6 Å². The number of nitrogens with one attached hydrogen (secondary N) is 2. The monoisotopic (exact) mass is 367 g/mol. The molecule has 0 unspecified atom stereocenters. The molecular formula is C19H18ClN5O. The van der Waals surface area contributed by atoms with Gasteiger partial charge in [0.05, 0.1) is 12.1 Å². The third-order valence-corrected chi connectivity index (χ3v) is 4.69. The van der Waals surface area contributed by atoms with Crippen molar-refractivity contribution in [1.29, 1.82) is 0 Å². The van der Waals surface area contributed by atoms with Crippen molar-refractivity contribution < 1.29 is 4.79 Å². The predicted molar refractivity (Wildman–Crippen MR) is 101 cm³/mol. The van der Waals surface area contributed by atoms with E-state index in [1.807, 2.05) is 47.1 Å². The molecule has 0 saturated carbocycles. The van der Waals surface area contributed by atoms with E-state index in [0.29, 0.717) is 16.9 Å². The molecule has 1 aromatic heterocycles. The van der Waals surface area contributed by atoms with Crippen LogP contribution in [0.2, 0.25) is 5.02 Å². The van der Waals surface area contributed by atoms with Crippen molar-refractivity contribution >= 4 is 29.4 Å². The Bertz CT molecular complexity index is 923. The maximum Gasteiger partial charge on any atom is 0.250 e. The van der Waals surface area contributed by atoms with E-state index in [2.05, 4.69) is 32.8 Å². The van der Waals surface area contributed by atoms with Gasteiger partial charge in [0, 0.05) is 11.9 Å². The average molecular weight is 368 g/mol. The van der Waals surface area contributed by atoms with E-state index in [0.717, 1.165) is 12.0 Å². The summed E-state index contributed by atoms with van der Waals surface area (Å²) in [4.78, 5) is 15.8. The normalized spacial score (nSPS) is 18.7. The predicted octanol–water partition coefficient (Wildman–Crippen LogP) is 4.04. The van der Waals surface area contributed by atoms with E-state index in [1.165, 1.54) is 12.5 Å². The molecule has 2 N–H and O–H groups in total. The second-order valence-corrected chi connectivity index (χ2v) is 6.73. The van der Waals surface area contributed by atoms with Crippen molar-refractivity contribution in [2.24, 2.45) is 0 Å². The highest BCUT2D eigenvalue weighted by Gasteiger charge is 2.31. The zero-order valence-corrected chi connectivity index (χ0v) is 14.9. The molecule has 2 atom stereocenters. The van der Waals surface area contributed by atoms with E-state index < -0.39 is 0 Å². The third-order valence-electron chi connectivity index (χ3n) is 4.43. The van der Waals surface area contributed by atoms with Gasteiger partial charge in [0.2, 0.25) is 11.9 Å². The number of halogens is 1. The molecule has 2 heterocycles. The Balaban J connectivity index is 1.75. The molecule has 0 radical (unpaired) electrons. The summed E-state index contributed by atoms with van der Waals surface area (Å²) in [5.74, 6) is 0.733. The fourth-order valence-electron chi connectivity index (χ4n) is 3.25. The van der Waals surface area contributed by atoms with Crippen LogP contribution in [0.5, 0.6) is 0 Å². The quantitative estimate of drug-likeness (QED) is 0.733. The highest BCUT2D eigenvalue weighted by Crippen LogP contribution is 2.38. The summed E-state index contributed by atoms with van der Waals surface area (Å²) < 4.78 is 1.83. The average Bonchev–Trinajstić information content (AvgIpc) is 3.04. The number of anilines is 2. The molecule has 6 nitrogen and oxygen atoms in total. The topological polar surface area (TPSA) is 71.8 Å². The van der Waals surface area contributed by atoms with Gasteiger partial charge < -0.3 is 5.32 Å². The van der Waals surface area contributed by atoms with Gasteiger partial charge in [-0.2, -0.15) is 4.98 Å². The molecule has 26 heavy (non-hydrogen) atoms. The molecule has 0 fully saturated rings. The van der Waals surface area contributed by atoms with E-state index >= 15 is 0 Å². The van der Waals surface area contributed by atoms with Crippen LogP contribution >= 0.6 is 11.6 Å². The maximum atomic E-state index is 11.4. The molecule has 1 aliphatic heterocycles. The number of hydrogen-bond donors (Lipinski definition) is 2. The Kier molecular flexibility index (Phi) is 4.34. The SMILES string of the molecule is CC(=O)Nc1nc2n(n1)[C@H](c1ccc(Cl)cc1)C[C@H](c1ccccc1)N2. The Hall–Kier alpha value is -2.86. The van der Waals surface area contributed by atoms with Crippen LogP contribution in [-0.4, -0.2) is 20.7 Å². The summed E-state index contributed by atoms with van der Waals surface area (Å²) in [5, 5.41) is 11.3. The minimum Gasteiger partial charge on any atom is -0.347 e. The van der Waals surface area contributed by atoms with Gasteiger partial charge in [-0.3, -0.25) is 10.1 Å². The Labute approximate surface area is 156 Å². The van der Waals surface area contributed by atoms with Gasteiger partial charge in [0.25, 0.3) is 5.95 Å². The number of aromatic nitrogens is 3. The lowest BCUT2D eigenvalue weighted by Crippen LogP contribution is -2.28. The summed E-state index contributed by atoms with van der Waals surface area (Å²) in [5.41, 5.74) is 2.28. The van der Waals surface area contributed by atoms with Gasteiger partial charge in [-0.05, 0) is 29.7 Å². The smallest absolute Gasteiger partial charge is 0.250 e. The Morgan fingerprint density at radius 2 is 1.88 bits per heavy atom. The minimum atomic E-state index is -0.199. The number of hydrogen-bond acceptors (Lipinski definition) is 4. The molecule has 132 valence electrons. The van der Waals surface area contributed by atoms with Crippen molar-refractivity contribution in [2.45, 2.75) is 25.4 Å². The first-order valence-electron chi connectivity index (χ1n) is 8.41. The minimum absolute atomic E-state index is 0.0104. The Morgan fingerprint density at radius 3 is 2.58 bits per heavy atom. The van der Waals surface area contributed by atoms with Crippen LogP contribution in [0.15, 0.2) is 54.6 Å². The van der Waals surface area contributed by atoms with Gasteiger partial charge in [0.15, 0.2) is 0 Å². The van der Waals surface area contributed by atoms with Gasteiger partial charge in [0.1, 0.15) is 0 Å². The van der Waals surface area contributed by atoms with Crippen molar-refractivity contribution in [3.05, 3.63) is 70.7 Å². The van der Waals surface area contributed by atoms with E-state index in [-0.39, 0.29) is 18.0 Å². The summed E-state index contributed by atoms with van der Waals surface area (Å²) in [6.45, 7) is 1.44. The number of amides is 1. The van der Waals surface area contributed by atoms with Crippen molar-refractivity contribution in [1.82, 2.24) is 14.8 Å². The zero-order valence-electron chi connectivity index (χ0n) is 14.2. The van der Waals surface area contributed by atoms with Gasteiger partial charge in [-0.25, -0.2) is 4.68 Å². The lowest BCUT2D eigenvalue weighted by Gasteiger charge is -2.31. The fourth-order valence-corrected chi connectivity index (χ4v) is 3.38. The summed E-state index contributed by atoms with van der Waals surface area (Å²) >= 11 is 6.04. The highest BCUT2D eigenvalue weighted by molar-refractivity contribution is 6.30. The molecular weight excluding hydrogens is 350 g/mol. The molecule has 0 spiro atoms. The van der Waals surface area contributed by atoms with Crippen LogP contribution in [0.25, 0.3) is 0 Å². The number of fused-ring (bicyclic) bond motifs is 1. The first kappa shape index (κ1) is 16.6. The molecule has 4 rings (SSSR count). The van der Waals surface area contributed by atoms with Gasteiger partial charge >= 0.3 is 0 Å². The molecule has 7 heteroatoms. The number of carbonyl (C=O) groups is 1. The first-order chi connectivity index (χ1) is 12.6. The Morgan fingerprint density at radius 1 is 1.15 bits per heavy atom. The standard InChI is InChI=1S/C19H18ClN5O/c1-12(26)21-18-23-19-22-16(13-5-3-2-4-6-13)11-17(25(19)24-18)14-7-9-15(20)10-8-14/h2-10,16-17H,11H2,1H3,(H2,21,22,23,24,26)/t16-,17+/m1/s1. The molecule has 1 amide bonds. The lowest BCUT2D eigenvalue weighted by molar-refractivity contribution is -0.114. The summed E-state index contributed by atoms with van der Waals surface area (Å²) in [7, 11) is 0. The maximum absolute atomic E-state index is 11.4. The van der Waals surface area contributed by atoms with Crippen molar-refractivity contribution in [3.8, 4) is 0 Å². The number of nitrogens with zero attached hydrogens (tertiary/aromatic N) is 3. The van der Waals surface area contributed by atoms with Crippen LogP contribution < -0.4 is 10.6 Å². The highest BCUT2D eigenvalue weighted by atomic mass is 35.5. The van der Waals surface area contributed by atoms with Crippen molar-refractivity contribution in [3.63, 3.8) is 0 Å². The molecule has 2 aromatic carbocycles. The van der Waals surface area contributed by atoms with Crippen LogP contribution in [0.1, 0.15) is 36.6 Å². The number of rotatable bonds is 3. The summed E-state index contributed by atoms with van der Waals surface area (Å²) in [6, 6.07) is 18.1. The lowest BCUT2D eigenvalue weighted by atomic mass is 9.93. The van der Waals surface area contributed by atoms with Crippen LogP contribution in [0, 0.1) is 0 Å². The largest absolute Gasteiger partial charge is 0.347 e. The van der Waals surface area contributed by atoms with Gasteiger partial charge in [-0.15, -0.1) is 5.10 Å². The number of carbonyl (C=O) groups excluding carboxylic acids is 1. The van der Waals surface area contributed by atoms with E-state index in [4.69, 9.17) is 11.6 Å². The van der Waals surface area contributed by atoms with Crippen LogP contribution in [-0.2, 0) is 4.79 Å². The molecule has 3 aromatic rings. The molecule has 1 aliphatic rings. The van der Waals surface area contributed by atoms with Crippen LogP contribution in [0.4, 0.5) is 11.9 Å². The van der Waals surface area contributed by atoms with E-state index in [1.54, 1.807) is 0 Å². The zero-order chi connectivity index (χ0) is 18.1. The van der Waals surface area contributed by atoms with Crippen LogP contribution in [0.3, 0.4) is 0 Å². The fraction of sp³-hybridized carbons (Fsp3) is 0.211. The third kappa shape index (κ3) is 3.28. The van der Waals surface area contributed by atoms with Gasteiger partial charge in [-0.1, -0.05) is 54.1 Å². The molecule has 0 aliphatic carbocycles. The molecule has 0 bridgehead atoms. The summed E-state index contributed by atoms with van der Waals surface area (Å²) in [6.07, 6.45) is 0.807. The second-order valence-electron chi connectivity index (χ2n) is 6.30. The van der Waals surface area contributed by atoms with E-state index in [9.17, 15) is 4.79 Å². The first-order valence-corrected chi connectivity index (χ1v) is 8.79. The second kappa shape index (κ2) is 6.80. The molecule has 0 saturated heterocycles. The number of benzene rings is 2.